The lowest BCUT2D eigenvalue weighted by atomic mass is 10.3. The Kier molecular flexibility index (Phi) is 3.64. The molecule has 1 N–H and O–H groups in total. The zero-order valence-electron chi connectivity index (χ0n) is 12.0. The van der Waals surface area contributed by atoms with Gasteiger partial charge in [0.25, 0.3) is 0 Å². The molecule has 0 saturated heterocycles. The predicted octanol–water partition coefficient (Wildman–Crippen LogP) is 1.19. The lowest BCUT2D eigenvalue weighted by Gasteiger charge is -2.28. The molecule has 6 nitrogen and oxygen atoms in total. The second-order valence-electron chi connectivity index (χ2n) is 5.36. The van der Waals surface area contributed by atoms with E-state index in [2.05, 4.69) is 43.6 Å². The Bertz CT molecular complexity index is 559. The number of anilines is 1. The molecule has 0 fully saturated rings. The quantitative estimate of drug-likeness (QED) is 0.906. The van der Waals surface area contributed by atoms with Gasteiger partial charge in [0.1, 0.15) is 11.6 Å². The molecule has 1 aliphatic rings. The first-order chi connectivity index (χ1) is 9.72. The minimum Gasteiger partial charge on any atom is -0.346 e. The largest absolute Gasteiger partial charge is 0.346 e. The number of nitrogens with one attached hydrogen (secondary N) is 1. The van der Waals surface area contributed by atoms with Gasteiger partial charge in [-0.05, 0) is 0 Å². The Morgan fingerprint density at radius 2 is 2.10 bits per heavy atom. The molecule has 0 atom stereocenters. The number of imidazole rings is 1. The van der Waals surface area contributed by atoms with Crippen molar-refractivity contribution in [3.63, 3.8) is 0 Å². The lowest BCUT2D eigenvalue weighted by molar-refractivity contribution is 0.553. The summed E-state index contributed by atoms with van der Waals surface area (Å²) in [5.74, 6) is 2.01. The van der Waals surface area contributed by atoms with Gasteiger partial charge in [0.05, 0.1) is 24.6 Å². The molecule has 6 heteroatoms. The van der Waals surface area contributed by atoms with Crippen molar-refractivity contribution in [2.45, 2.75) is 39.5 Å². The fraction of sp³-hybridized carbons (Fsp3) is 0.500. The SMILES string of the molecule is CC(C)NCc1cnc(N2CCn3ccnc3C2)cn1. The summed E-state index contributed by atoms with van der Waals surface area (Å²) in [7, 11) is 0. The minimum absolute atomic E-state index is 0.456. The van der Waals surface area contributed by atoms with E-state index in [9.17, 15) is 0 Å². The molecule has 0 saturated carbocycles. The molecule has 0 amide bonds. The monoisotopic (exact) mass is 272 g/mol. The highest BCUT2D eigenvalue weighted by atomic mass is 15.3. The van der Waals surface area contributed by atoms with Gasteiger partial charge in [-0.15, -0.1) is 0 Å². The van der Waals surface area contributed by atoms with Gasteiger partial charge in [0.2, 0.25) is 0 Å². The van der Waals surface area contributed by atoms with Gasteiger partial charge in [0.15, 0.2) is 0 Å². The van der Waals surface area contributed by atoms with Crippen molar-refractivity contribution in [2.24, 2.45) is 0 Å². The standard InChI is InChI=1S/C14H20N6/c1-11(2)16-7-12-8-18-13(9-17-12)20-6-5-19-4-3-15-14(19)10-20/h3-4,8-9,11,16H,5-7,10H2,1-2H3. The van der Waals surface area contributed by atoms with E-state index in [0.29, 0.717) is 6.04 Å². The molecule has 1 aliphatic heterocycles. The van der Waals surface area contributed by atoms with Gasteiger partial charge in [-0.2, -0.15) is 0 Å². The molecule has 0 spiro atoms. The Hall–Kier alpha value is -1.95. The third kappa shape index (κ3) is 2.80. The van der Waals surface area contributed by atoms with Gasteiger partial charge in [0, 0.05) is 38.1 Å². The van der Waals surface area contributed by atoms with Gasteiger partial charge < -0.3 is 14.8 Å². The van der Waals surface area contributed by atoms with Crippen LogP contribution in [0.1, 0.15) is 25.4 Å². The van der Waals surface area contributed by atoms with Gasteiger partial charge >= 0.3 is 0 Å². The molecule has 2 aromatic rings. The van der Waals surface area contributed by atoms with Crippen molar-refractivity contribution in [3.05, 3.63) is 36.3 Å². The zero-order chi connectivity index (χ0) is 13.9. The number of rotatable bonds is 4. The zero-order valence-corrected chi connectivity index (χ0v) is 12.0. The average molecular weight is 272 g/mol. The van der Waals surface area contributed by atoms with Gasteiger partial charge in [-0.3, -0.25) is 4.98 Å². The lowest BCUT2D eigenvalue weighted by Crippen LogP contribution is -2.34. The smallest absolute Gasteiger partial charge is 0.147 e. The number of aromatic nitrogens is 4. The van der Waals surface area contributed by atoms with Crippen LogP contribution in [0, 0.1) is 0 Å². The van der Waals surface area contributed by atoms with E-state index < -0.39 is 0 Å². The van der Waals surface area contributed by atoms with Crippen molar-refractivity contribution in [1.82, 2.24) is 24.8 Å². The van der Waals surface area contributed by atoms with E-state index in [0.717, 1.165) is 43.5 Å². The fourth-order valence-corrected chi connectivity index (χ4v) is 2.28. The Morgan fingerprint density at radius 3 is 2.85 bits per heavy atom. The van der Waals surface area contributed by atoms with E-state index in [1.54, 1.807) is 0 Å². The third-order valence-corrected chi connectivity index (χ3v) is 3.45. The Balaban J connectivity index is 1.66. The topological polar surface area (TPSA) is 58.9 Å². The third-order valence-electron chi connectivity index (χ3n) is 3.45. The van der Waals surface area contributed by atoms with E-state index in [1.807, 2.05) is 24.8 Å². The van der Waals surface area contributed by atoms with Crippen LogP contribution in [0.25, 0.3) is 0 Å². The Morgan fingerprint density at radius 1 is 1.20 bits per heavy atom. The molecule has 0 aliphatic carbocycles. The van der Waals surface area contributed by atoms with Gasteiger partial charge in [-0.1, -0.05) is 13.8 Å². The van der Waals surface area contributed by atoms with E-state index in [1.165, 1.54) is 0 Å². The molecule has 2 aromatic heterocycles. The van der Waals surface area contributed by atoms with Crippen molar-refractivity contribution >= 4 is 5.82 Å². The minimum atomic E-state index is 0.456. The second-order valence-corrected chi connectivity index (χ2v) is 5.36. The van der Waals surface area contributed by atoms with E-state index in [-0.39, 0.29) is 0 Å². The first-order valence-electron chi connectivity index (χ1n) is 7.01. The Labute approximate surface area is 118 Å². The van der Waals surface area contributed by atoms with Crippen LogP contribution >= 0.6 is 0 Å². The van der Waals surface area contributed by atoms with Gasteiger partial charge in [-0.25, -0.2) is 9.97 Å². The van der Waals surface area contributed by atoms with Crippen molar-refractivity contribution in [3.8, 4) is 0 Å². The molecule has 0 unspecified atom stereocenters. The van der Waals surface area contributed by atoms with Crippen molar-refractivity contribution in [2.75, 3.05) is 11.4 Å². The van der Waals surface area contributed by atoms with Crippen LogP contribution < -0.4 is 10.2 Å². The maximum atomic E-state index is 4.52. The average Bonchev–Trinajstić information content (AvgIpc) is 2.93. The number of hydrogen-bond acceptors (Lipinski definition) is 5. The number of fused-ring (bicyclic) bond motifs is 1. The van der Waals surface area contributed by atoms with Crippen LogP contribution in [-0.4, -0.2) is 32.1 Å². The maximum Gasteiger partial charge on any atom is 0.147 e. The molecule has 0 radical (unpaired) electrons. The summed E-state index contributed by atoms with van der Waals surface area (Å²) >= 11 is 0. The van der Waals surface area contributed by atoms with Crippen LogP contribution in [-0.2, 0) is 19.6 Å². The number of nitrogens with zero attached hydrogens (tertiary/aromatic N) is 5. The summed E-state index contributed by atoms with van der Waals surface area (Å²) in [6, 6.07) is 0.456. The second kappa shape index (κ2) is 5.58. The molecular weight excluding hydrogens is 252 g/mol. The highest BCUT2D eigenvalue weighted by molar-refractivity contribution is 5.36. The molecule has 3 rings (SSSR count). The summed E-state index contributed by atoms with van der Waals surface area (Å²) in [5.41, 5.74) is 0.973. The fourth-order valence-electron chi connectivity index (χ4n) is 2.28. The van der Waals surface area contributed by atoms with Crippen molar-refractivity contribution < 1.29 is 0 Å². The van der Waals surface area contributed by atoms with Crippen LogP contribution in [0.15, 0.2) is 24.8 Å². The van der Waals surface area contributed by atoms with Crippen LogP contribution in [0.3, 0.4) is 0 Å². The molecule has 3 heterocycles. The molecule has 0 bridgehead atoms. The molecule has 106 valence electrons. The van der Waals surface area contributed by atoms with Crippen LogP contribution in [0.5, 0.6) is 0 Å². The summed E-state index contributed by atoms with van der Waals surface area (Å²) in [5, 5.41) is 3.34. The maximum absolute atomic E-state index is 4.52. The predicted molar refractivity (Wildman–Crippen MR) is 77.3 cm³/mol. The molecule has 20 heavy (non-hydrogen) atoms. The first-order valence-corrected chi connectivity index (χ1v) is 7.01. The molecular formula is C14H20N6. The summed E-state index contributed by atoms with van der Waals surface area (Å²) in [6.07, 6.45) is 7.59. The van der Waals surface area contributed by atoms with E-state index >= 15 is 0 Å². The molecule has 0 aromatic carbocycles. The van der Waals surface area contributed by atoms with Crippen molar-refractivity contribution in [1.29, 1.82) is 0 Å². The van der Waals surface area contributed by atoms with Crippen LogP contribution in [0.4, 0.5) is 5.82 Å². The number of hydrogen-bond donors (Lipinski definition) is 1. The summed E-state index contributed by atoms with van der Waals surface area (Å²) in [6.45, 7) is 7.70. The first kappa shape index (κ1) is 13.1. The highest BCUT2D eigenvalue weighted by Gasteiger charge is 2.17. The normalized spacial score (nSPS) is 14.7. The summed E-state index contributed by atoms with van der Waals surface area (Å²) < 4.78 is 2.19. The summed E-state index contributed by atoms with van der Waals surface area (Å²) in [4.78, 5) is 15.6. The van der Waals surface area contributed by atoms with Crippen LogP contribution in [0.2, 0.25) is 0 Å². The van der Waals surface area contributed by atoms with E-state index in [4.69, 9.17) is 0 Å². The highest BCUT2D eigenvalue weighted by Crippen LogP contribution is 2.17.